The molecule has 1 aliphatic heterocycles. The molecule has 0 bridgehead atoms. The Kier molecular flexibility index (Phi) is 24.6. The second-order valence-electron chi connectivity index (χ2n) is 11.7. The normalized spacial score (nSPS) is 34.9. The lowest BCUT2D eigenvalue weighted by Gasteiger charge is -2.51. The summed E-state index contributed by atoms with van der Waals surface area (Å²) in [5.41, 5.74) is 0. The molecule has 10 nitrogen and oxygen atoms in total. The maximum Gasteiger partial charge on any atom is 0.311 e. The van der Waals surface area contributed by atoms with Crippen molar-refractivity contribution in [2.45, 2.75) is 158 Å². The zero-order valence-electron chi connectivity index (χ0n) is 30.9. The largest absolute Gasteiger partial charge is 0.839 e. The first-order chi connectivity index (χ1) is 18.7. The molecule has 0 aliphatic carbocycles. The lowest BCUT2D eigenvalue weighted by Crippen LogP contribution is -2.66. The fourth-order valence-electron chi connectivity index (χ4n) is 4.46. The topological polar surface area (TPSA) is 148 Å². The third-order valence-electron chi connectivity index (χ3n) is 4.90. The zero-order valence-corrected chi connectivity index (χ0v) is 38.9. The van der Waals surface area contributed by atoms with Gasteiger partial charge in [0.2, 0.25) is 0 Å². The van der Waals surface area contributed by atoms with E-state index in [-0.39, 0.29) is 24.2 Å². The van der Waals surface area contributed by atoms with Crippen LogP contribution in [-0.2, 0) is 24.7 Å². The van der Waals surface area contributed by atoms with Gasteiger partial charge < -0.3 is 43.9 Å². The minimum absolute atomic E-state index is 0.100. The third-order valence-corrected chi connectivity index (χ3v) is 33.2. The summed E-state index contributed by atoms with van der Waals surface area (Å²) < 4.78 is 36.4. The monoisotopic (exact) mass is 740 g/mol. The van der Waals surface area contributed by atoms with Gasteiger partial charge in [-0.05, 0) is 76.6 Å². The second-order valence-corrected chi connectivity index (χ2v) is 38.9. The van der Waals surface area contributed by atoms with Crippen LogP contribution in [0.2, 0.25) is 103 Å². The highest BCUT2D eigenvalue weighted by atomic mass is 28.5. The first kappa shape index (κ1) is 50.2. The predicted octanol–water partition coefficient (Wildman–Crippen LogP) is 4.74. The standard InChI is InChI=1S/C16H44O10Si8.4C2H6/c1-27(2)21-28(3,4)24-32(10,18)15-16-34(12,20)26-30(7,8)22-29(5,6)25-33(11,19)14-13-31(9,17)23-27;4*1-2/h13-16H2,1-12H3;4*1-2H3/q-4;;;;. The predicted molar refractivity (Wildman–Crippen MR) is 188 cm³/mol. The molecule has 0 aromatic carbocycles. The smallest absolute Gasteiger partial charge is 0.311 e. The molecule has 18 heteroatoms. The summed E-state index contributed by atoms with van der Waals surface area (Å²) in [6.07, 6.45) is 0. The molecule has 0 aromatic heterocycles. The van der Waals surface area contributed by atoms with E-state index in [2.05, 4.69) is 0 Å². The van der Waals surface area contributed by atoms with Crippen molar-refractivity contribution in [3.63, 3.8) is 0 Å². The van der Waals surface area contributed by atoms with Crippen LogP contribution in [0, 0.1) is 0 Å². The van der Waals surface area contributed by atoms with Crippen molar-refractivity contribution in [1.82, 2.24) is 0 Å². The van der Waals surface area contributed by atoms with Crippen molar-refractivity contribution in [3.05, 3.63) is 0 Å². The molecule has 42 heavy (non-hydrogen) atoms. The molecule has 0 aromatic rings. The molecule has 4 atom stereocenters. The number of hydrogen-bond donors (Lipinski definition) is 0. The van der Waals surface area contributed by atoms with Crippen molar-refractivity contribution in [2.24, 2.45) is 0 Å². The van der Waals surface area contributed by atoms with Crippen LogP contribution >= 0.6 is 0 Å². The molecule has 0 amide bonds. The fourth-order valence-corrected chi connectivity index (χ4v) is 41.6. The summed E-state index contributed by atoms with van der Waals surface area (Å²) in [4.78, 5) is 53.1. The molecule has 0 radical (unpaired) electrons. The molecule has 0 N–H and O–H groups in total. The Morgan fingerprint density at radius 3 is 0.524 bits per heavy atom. The zero-order chi connectivity index (χ0) is 35.1. The molecule has 1 heterocycles. The Balaban J connectivity index is -0.000000826. The average molecular weight is 741 g/mol. The van der Waals surface area contributed by atoms with Crippen LogP contribution in [0.25, 0.3) is 0 Å². The molecular weight excluding hydrogens is 673 g/mol. The molecular formula is C24H68O10Si8-4. The SMILES string of the molecule is CC.CC.CC.CC.C[Si]1([O-])CC[Si](C)([O-])O[Si](C)(C)O[Si](C)(C)O[Si](C)([O-])CC[Si](C)([O-])O[Si](C)(C)O[Si](C)(C)O1. The summed E-state index contributed by atoms with van der Waals surface area (Å²) in [6.45, 7) is 36.3. The van der Waals surface area contributed by atoms with Crippen LogP contribution in [-0.4, -0.2) is 68.5 Å². The van der Waals surface area contributed by atoms with E-state index in [0.717, 1.165) is 0 Å². The highest BCUT2D eigenvalue weighted by molar-refractivity contribution is 6.89. The molecule has 0 spiro atoms. The van der Waals surface area contributed by atoms with Gasteiger partial charge >= 0.3 is 34.2 Å². The Bertz CT molecular complexity index is 593. The second kappa shape index (κ2) is 20.5. The molecule has 1 fully saturated rings. The van der Waals surface area contributed by atoms with Gasteiger partial charge in [-0.15, -0.1) is 0 Å². The summed E-state index contributed by atoms with van der Waals surface area (Å²) in [7, 11) is -25.7. The third kappa shape index (κ3) is 25.5. The Hall–Kier alpha value is 1.34. The van der Waals surface area contributed by atoms with E-state index in [1.54, 1.807) is 78.6 Å². The minimum atomic E-state index is -3.49. The van der Waals surface area contributed by atoms with E-state index in [0.29, 0.717) is 0 Å². The minimum Gasteiger partial charge on any atom is -0.839 e. The van der Waals surface area contributed by atoms with Crippen molar-refractivity contribution in [2.75, 3.05) is 0 Å². The Morgan fingerprint density at radius 1 is 0.286 bits per heavy atom. The molecule has 1 rings (SSSR count). The van der Waals surface area contributed by atoms with Crippen molar-refractivity contribution in [3.8, 4) is 0 Å². The lowest BCUT2D eigenvalue weighted by atomic mass is 10.9. The van der Waals surface area contributed by atoms with Crippen LogP contribution < -0.4 is 19.2 Å². The van der Waals surface area contributed by atoms with E-state index >= 15 is 0 Å². The van der Waals surface area contributed by atoms with Crippen LogP contribution in [0.15, 0.2) is 0 Å². The van der Waals surface area contributed by atoms with Crippen molar-refractivity contribution in [1.29, 1.82) is 0 Å². The van der Waals surface area contributed by atoms with Crippen LogP contribution in [0.3, 0.4) is 0 Å². The maximum atomic E-state index is 13.3. The van der Waals surface area contributed by atoms with E-state index in [4.69, 9.17) is 24.7 Å². The highest BCUT2D eigenvalue weighted by Gasteiger charge is 2.43. The van der Waals surface area contributed by atoms with Gasteiger partial charge in [0.1, 0.15) is 0 Å². The van der Waals surface area contributed by atoms with E-state index in [1.807, 2.05) is 55.4 Å². The summed E-state index contributed by atoms with van der Waals surface area (Å²) in [5, 5.41) is 0. The van der Waals surface area contributed by atoms with E-state index in [1.165, 1.54) is 0 Å². The van der Waals surface area contributed by atoms with Crippen molar-refractivity contribution < 1.29 is 43.9 Å². The van der Waals surface area contributed by atoms with Gasteiger partial charge in [0.05, 0.1) is 34.2 Å². The van der Waals surface area contributed by atoms with Gasteiger partial charge in [0.25, 0.3) is 0 Å². The molecule has 1 saturated heterocycles. The quantitative estimate of drug-likeness (QED) is 0.319. The number of hydrogen-bond acceptors (Lipinski definition) is 10. The summed E-state index contributed by atoms with van der Waals surface area (Å²) in [5.74, 6) is 0. The summed E-state index contributed by atoms with van der Waals surface area (Å²) >= 11 is 0. The van der Waals surface area contributed by atoms with Crippen molar-refractivity contribution >= 4 is 68.5 Å². The Morgan fingerprint density at radius 2 is 0.405 bits per heavy atom. The molecule has 260 valence electrons. The average Bonchev–Trinajstić information content (AvgIpc) is 2.77. The van der Waals surface area contributed by atoms with Gasteiger partial charge in [-0.25, -0.2) is 0 Å². The number of rotatable bonds is 0. The fraction of sp³-hybridized carbons (Fsp3) is 1.00. The lowest BCUT2D eigenvalue weighted by molar-refractivity contribution is -0.239. The van der Waals surface area contributed by atoms with E-state index < -0.39 is 68.5 Å². The Labute approximate surface area is 269 Å². The van der Waals surface area contributed by atoms with Gasteiger partial charge in [-0.2, -0.15) is 0 Å². The van der Waals surface area contributed by atoms with Crippen LogP contribution in [0.1, 0.15) is 55.4 Å². The summed E-state index contributed by atoms with van der Waals surface area (Å²) in [6, 6.07) is 0.402. The van der Waals surface area contributed by atoms with Gasteiger partial charge in [-0.1, -0.05) is 81.6 Å². The van der Waals surface area contributed by atoms with Crippen LogP contribution in [0.4, 0.5) is 0 Å². The highest BCUT2D eigenvalue weighted by Crippen LogP contribution is 2.29. The van der Waals surface area contributed by atoms with Gasteiger partial charge in [-0.3, -0.25) is 0 Å². The molecule has 4 unspecified atom stereocenters. The first-order valence-electron chi connectivity index (χ1n) is 15.7. The maximum absolute atomic E-state index is 13.3. The molecule has 1 aliphatic rings. The van der Waals surface area contributed by atoms with Gasteiger partial charge in [0.15, 0.2) is 0 Å². The van der Waals surface area contributed by atoms with Gasteiger partial charge in [0, 0.05) is 0 Å². The van der Waals surface area contributed by atoms with Crippen LogP contribution in [0.5, 0.6) is 0 Å². The molecule has 0 saturated carbocycles. The first-order valence-corrected chi connectivity index (χ1v) is 37.0. The van der Waals surface area contributed by atoms with E-state index in [9.17, 15) is 19.2 Å².